The SMILES string of the molecule is C.CC.CCCc1ccc(OCC(=O)N(C)Cc2ccncc2)cc1.CCl.CNc1nc(N)c(Cl)nc1C(=O)NC1CCC[NH+](CCCc2ccc(OCC(=O)N(C)Cc3ccncc3)cc2)C1. The minimum atomic E-state index is -0.306. The predicted molar refractivity (Wildman–Crippen MR) is 275 cm³/mol. The fourth-order valence-corrected chi connectivity index (χ4v) is 7.19. The predicted octanol–water partition coefficient (Wildman–Crippen LogP) is 7.19. The van der Waals surface area contributed by atoms with Crippen molar-refractivity contribution >= 4 is 52.6 Å². The molecule has 5 aromatic rings. The second-order valence-electron chi connectivity index (χ2n) is 15.5. The van der Waals surface area contributed by atoms with Crippen LogP contribution in [-0.4, -0.2) is 114 Å². The Balaban J connectivity index is 0.000000497. The molecule has 0 bridgehead atoms. The lowest BCUT2D eigenvalue weighted by Crippen LogP contribution is -3.14. The Morgan fingerprint density at radius 3 is 1.72 bits per heavy atom. The molecule has 4 heterocycles. The molecule has 1 fully saturated rings. The summed E-state index contributed by atoms with van der Waals surface area (Å²) in [5, 5.41) is 5.97. The standard InChI is InChI=1S/C29H37ClN8O3.C18H22N2O2.C2H6.CH3Cl.CH4/c1-32-28-25(35-26(30)27(31)36-28)29(40)34-22-6-4-16-38(18-22)15-3-5-20-7-9-23(10-8-20)41-19-24(39)37(2)17-21-11-13-33-14-12-21;1-3-4-15-5-7-17(8-6-15)22-14-18(21)20(2)13-16-9-11-19-12-10-16;2*1-2;/h7-14,22H,3-6,15-19H2,1-2H3,(H,34,40)(H3,31,32,36);5-12H,3-4,13-14H2,1-2H3;1-2H3;1H3;1H4/p+1. The van der Waals surface area contributed by atoms with Gasteiger partial charge in [0.2, 0.25) is 0 Å². The Kier molecular flexibility index (Phi) is 27.9. The number of nitrogen functional groups attached to an aromatic ring is 1. The third-order valence-electron chi connectivity index (χ3n) is 10.6. The maximum absolute atomic E-state index is 12.9. The molecule has 3 amide bonds. The smallest absolute Gasteiger partial charge is 0.274 e. The normalized spacial score (nSPS) is 13.5. The number of pyridine rings is 2. The number of halogens is 2. The third-order valence-corrected chi connectivity index (χ3v) is 10.9. The molecule has 2 unspecified atom stereocenters. The number of likely N-dealkylation sites (tertiary alicyclic amines) is 1. The first-order valence-corrected chi connectivity index (χ1v) is 23.9. The number of alkyl halides is 1. The number of nitrogens with one attached hydrogen (secondary N) is 3. The summed E-state index contributed by atoms with van der Waals surface area (Å²) in [5.41, 5.74) is 10.4. The molecule has 17 heteroatoms. The second kappa shape index (κ2) is 32.6. The molecule has 0 aliphatic carbocycles. The summed E-state index contributed by atoms with van der Waals surface area (Å²) in [6.45, 7) is 10.2. The van der Waals surface area contributed by atoms with Crippen LogP contribution in [0.3, 0.4) is 0 Å². The van der Waals surface area contributed by atoms with Crippen molar-refractivity contribution in [1.82, 2.24) is 35.1 Å². The highest BCUT2D eigenvalue weighted by atomic mass is 35.5. The van der Waals surface area contributed by atoms with Gasteiger partial charge in [0.1, 0.15) is 11.5 Å². The zero-order chi connectivity index (χ0) is 49.0. The Morgan fingerprint density at radius 1 is 0.765 bits per heavy atom. The van der Waals surface area contributed by atoms with Crippen molar-refractivity contribution in [2.75, 3.05) is 71.4 Å². The van der Waals surface area contributed by atoms with E-state index >= 15 is 0 Å². The zero-order valence-electron chi connectivity index (χ0n) is 40.1. The highest BCUT2D eigenvalue weighted by Crippen LogP contribution is 2.20. The van der Waals surface area contributed by atoms with E-state index in [9.17, 15) is 14.4 Å². The summed E-state index contributed by atoms with van der Waals surface area (Å²) in [4.78, 5) is 58.4. The number of hydrogen-bond donors (Lipinski definition) is 4. The summed E-state index contributed by atoms with van der Waals surface area (Å²) in [5.74, 6) is 1.35. The number of anilines is 2. The topological polar surface area (TPSA) is 182 Å². The van der Waals surface area contributed by atoms with Gasteiger partial charge in [0.25, 0.3) is 17.7 Å². The zero-order valence-corrected chi connectivity index (χ0v) is 41.6. The molecule has 1 aliphatic heterocycles. The van der Waals surface area contributed by atoms with Gasteiger partial charge < -0.3 is 40.5 Å². The first-order valence-electron chi connectivity index (χ1n) is 22.7. The van der Waals surface area contributed by atoms with E-state index in [1.165, 1.54) is 22.4 Å². The molecular weight excluding hydrogens is 904 g/mol. The van der Waals surface area contributed by atoms with E-state index in [0.717, 1.165) is 75.0 Å². The van der Waals surface area contributed by atoms with Crippen LogP contribution in [-0.2, 0) is 35.5 Å². The average molecular weight is 977 g/mol. The number of amides is 3. The van der Waals surface area contributed by atoms with Crippen molar-refractivity contribution in [3.8, 4) is 11.5 Å². The Hall–Kier alpha value is -6.03. The van der Waals surface area contributed by atoms with E-state index in [2.05, 4.69) is 49.1 Å². The van der Waals surface area contributed by atoms with Gasteiger partial charge in [-0.25, -0.2) is 9.97 Å². The fraction of sp³-hybridized carbons (Fsp3) is 0.431. The van der Waals surface area contributed by atoms with E-state index in [-0.39, 0.29) is 61.1 Å². The molecule has 3 aromatic heterocycles. The highest BCUT2D eigenvalue weighted by molar-refractivity contribution is 6.31. The minimum absolute atomic E-state index is 0. The summed E-state index contributed by atoms with van der Waals surface area (Å²) in [6.07, 6.45) is 14.5. The number of carbonyl (C=O) groups excluding carboxylic acids is 3. The number of likely N-dealkylation sites (N-methyl/N-ethyl adjacent to an activating group) is 2. The number of rotatable bonds is 19. The van der Waals surface area contributed by atoms with Crippen LogP contribution in [0.1, 0.15) is 86.6 Å². The van der Waals surface area contributed by atoms with Crippen molar-refractivity contribution in [2.24, 2.45) is 0 Å². The summed E-state index contributed by atoms with van der Waals surface area (Å²) >= 11 is 10.6. The molecule has 5 N–H and O–H groups in total. The minimum Gasteiger partial charge on any atom is -0.484 e. The first kappa shape index (κ1) is 58.1. The van der Waals surface area contributed by atoms with E-state index in [1.807, 2.05) is 86.6 Å². The Morgan fingerprint density at radius 2 is 1.25 bits per heavy atom. The van der Waals surface area contributed by atoms with E-state index in [0.29, 0.717) is 24.7 Å². The number of carbonyl (C=O) groups is 3. The summed E-state index contributed by atoms with van der Waals surface area (Å²) < 4.78 is 11.3. The second-order valence-corrected chi connectivity index (χ2v) is 15.9. The average Bonchev–Trinajstić information content (AvgIpc) is 3.36. The maximum Gasteiger partial charge on any atom is 0.274 e. The molecule has 370 valence electrons. The number of hydrogen-bond acceptors (Lipinski definition) is 11. The van der Waals surface area contributed by atoms with Gasteiger partial charge >= 0.3 is 0 Å². The van der Waals surface area contributed by atoms with Crippen LogP contribution in [0.5, 0.6) is 11.5 Å². The van der Waals surface area contributed by atoms with Crippen molar-refractivity contribution < 1.29 is 28.8 Å². The van der Waals surface area contributed by atoms with Crippen molar-refractivity contribution in [2.45, 2.75) is 85.9 Å². The molecule has 2 aromatic carbocycles. The van der Waals surface area contributed by atoms with Crippen molar-refractivity contribution in [1.29, 1.82) is 0 Å². The molecule has 0 saturated carbocycles. The molecule has 1 aliphatic rings. The molecule has 15 nitrogen and oxygen atoms in total. The van der Waals surface area contributed by atoms with Crippen molar-refractivity contribution in [3.05, 3.63) is 131 Å². The van der Waals surface area contributed by atoms with Crippen LogP contribution < -0.4 is 30.7 Å². The first-order chi connectivity index (χ1) is 32.5. The number of quaternary nitrogens is 1. The number of piperidine rings is 1. The Bertz CT molecular complexity index is 2190. The summed E-state index contributed by atoms with van der Waals surface area (Å²) in [7, 11) is 5.20. The van der Waals surface area contributed by atoms with Gasteiger partial charge in [-0.1, -0.05) is 70.5 Å². The highest BCUT2D eigenvalue weighted by Gasteiger charge is 2.27. The maximum atomic E-state index is 12.9. The van der Waals surface area contributed by atoms with Gasteiger partial charge in [-0.05, 0) is 96.5 Å². The molecular formula is C51H73Cl2N10O5+. The van der Waals surface area contributed by atoms with Crippen LogP contribution in [0.15, 0.2) is 97.6 Å². The quantitative estimate of drug-likeness (QED) is 0.0616. The van der Waals surface area contributed by atoms with Crippen LogP contribution in [0, 0.1) is 0 Å². The molecule has 2 atom stereocenters. The van der Waals surface area contributed by atoms with Gasteiger partial charge in [-0.15, -0.1) is 11.6 Å². The van der Waals surface area contributed by atoms with Crippen LogP contribution in [0.25, 0.3) is 0 Å². The van der Waals surface area contributed by atoms with E-state index < -0.39 is 0 Å². The fourth-order valence-electron chi connectivity index (χ4n) is 7.06. The molecule has 6 rings (SSSR count). The van der Waals surface area contributed by atoms with Gasteiger partial charge in [-0.3, -0.25) is 24.4 Å². The molecule has 1 saturated heterocycles. The van der Waals surface area contributed by atoms with Crippen molar-refractivity contribution in [3.63, 3.8) is 0 Å². The number of aromatic nitrogens is 4. The van der Waals surface area contributed by atoms with Gasteiger partial charge in [0.05, 0.1) is 25.7 Å². The van der Waals surface area contributed by atoms with E-state index in [4.69, 9.17) is 26.8 Å². The number of benzene rings is 2. The Labute approximate surface area is 414 Å². The lowest BCUT2D eigenvalue weighted by Gasteiger charge is -2.30. The molecule has 0 radical (unpaired) electrons. The number of aryl methyl sites for hydroxylation is 2. The number of ether oxygens (including phenoxy) is 2. The summed E-state index contributed by atoms with van der Waals surface area (Å²) in [6, 6.07) is 23.5. The van der Waals surface area contributed by atoms with Crippen LogP contribution >= 0.6 is 23.2 Å². The number of nitrogens with zero attached hydrogens (tertiary/aromatic N) is 6. The largest absolute Gasteiger partial charge is 0.484 e. The molecule has 68 heavy (non-hydrogen) atoms. The lowest BCUT2D eigenvalue weighted by atomic mass is 10.0. The lowest BCUT2D eigenvalue weighted by molar-refractivity contribution is -0.906. The van der Waals surface area contributed by atoms with Crippen LogP contribution in [0.2, 0.25) is 5.15 Å². The number of nitrogens with two attached hydrogens (primary N) is 1. The molecule has 0 spiro atoms. The van der Waals surface area contributed by atoms with Gasteiger partial charge in [0.15, 0.2) is 35.7 Å². The van der Waals surface area contributed by atoms with Gasteiger partial charge in [-0.2, -0.15) is 0 Å². The van der Waals surface area contributed by atoms with Gasteiger partial charge in [0, 0.05) is 71.8 Å². The third kappa shape index (κ3) is 20.5. The monoisotopic (exact) mass is 976 g/mol. The van der Waals surface area contributed by atoms with E-state index in [1.54, 1.807) is 55.7 Å². The van der Waals surface area contributed by atoms with Crippen LogP contribution in [0.4, 0.5) is 11.6 Å².